The van der Waals surface area contributed by atoms with E-state index in [1.165, 1.54) is 0 Å². The molecule has 0 nitrogen and oxygen atoms in total. The molecule has 4 heteroatoms. The molecule has 0 saturated heterocycles. The van der Waals surface area contributed by atoms with Gasteiger partial charge in [-0.2, -0.15) is 0 Å². The molecule has 4 heterocycles. The van der Waals surface area contributed by atoms with Crippen LogP contribution in [0.5, 0.6) is 0 Å². The molecule has 0 radical (unpaired) electrons. The Labute approximate surface area is 125 Å². The minimum absolute atomic E-state index is 0.773. The van der Waals surface area contributed by atoms with Gasteiger partial charge in [-0.3, -0.25) is 0 Å². The Morgan fingerprint density at radius 2 is 1.06 bits per heavy atom. The van der Waals surface area contributed by atoms with Crippen molar-refractivity contribution in [2.75, 3.05) is 0 Å². The van der Waals surface area contributed by atoms with Crippen LogP contribution in [0.3, 0.4) is 0 Å². The van der Waals surface area contributed by atoms with Crippen molar-refractivity contribution in [2.24, 2.45) is 0 Å². The summed E-state index contributed by atoms with van der Waals surface area (Å²) < 4.78 is 14.8. The van der Waals surface area contributed by atoms with Crippen molar-refractivity contribution < 1.29 is 0 Å². The van der Waals surface area contributed by atoms with Crippen LogP contribution in [0.1, 0.15) is 0 Å². The Bertz CT molecular complexity index is 818. The maximum atomic E-state index is 2.63. The second kappa shape index (κ2) is 2.10. The zero-order valence-electron chi connectivity index (χ0n) is 10.6. The van der Waals surface area contributed by atoms with Crippen molar-refractivity contribution in [2.45, 2.75) is 23.3 Å². The molecule has 6 aliphatic rings. The monoisotopic (exact) mass is 500 g/mol. The van der Waals surface area contributed by atoms with E-state index < -0.39 is 10.7 Å². The van der Waals surface area contributed by atoms with E-state index in [1.54, 1.807) is 0 Å². The van der Waals surface area contributed by atoms with Gasteiger partial charge in [0, 0.05) is 0 Å². The Balaban J connectivity index is 1.70. The summed E-state index contributed by atoms with van der Waals surface area (Å²) in [4.78, 5) is 0. The van der Waals surface area contributed by atoms with E-state index in [-0.39, 0.29) is 0 Å². The zero-order valence-corrected chi connectivity index (χ0v) is 17.5. The van der Waals surface area contributed by atoms with Gasteiger partial charge in [-0.15, -0.1) is 0 Å². The molecule has 0 saturated carbocycles. The first-order valence-corrected chi connectivity index (χ1v) is 19.7. The first kappa shape index (κ1) is 10.5. The molecular formula is C14H12Se4. The number of allylic oxidation sites excluding steroid dienone is 10. The molecule has 92 valence electrons. The fourth-order valence-corrected chi connectivity index (χ4v) is 27.5. The Kier molecular flexibility index (Phi) is 1.23. The molecule has 0 aromatic heterocycles. The normalized spacial score (nSPS) is 40.7. The molecule has 4 aliphatic heterocycles. The summed E-state index contributed by atoms with van der Waals surface area (Å²) in [5.41, 5.74) is 3.63. The fourth-order valence-electron chi connectivity index (χ4n) is 3.58. The van der Waals surface area contributed by atoms with Crippen molar-refractivity contribution in [3.05, 3.63) is 46.9 Å². The third-order valence-corrected chi connectivity index (χ3v) is 21.4. The third-order valence-electron chi connectivity index (χ3n) is 4.68. The molecular weight excluding hydrogens is 484 g/mol. The van der Waals surface area contributed by atoms with Gasteiger partial charge in [0.1, 0.15) is 0 Å². The Morgan fingerprint density at radius 1 is 0.556 bits per heavy atom. The number of hydrogen-bond donors (Lipinski definition) is 0. The summed E-state index contributed by atoms with van der Waals surface area (Å²) in [7, 11) is -2.49. The van der Waals surface area contributed by atoms with Crippen molar-refractivity contribution in [3.63, 3.8) is 0 Å². The molecule has 18 heavy (non-hydrogen) atoms. The van der Waals surface area contributed by atoms with Crippen LogP contribution in [0.15, 0.2) is 46.9 Å². The maximum absolute atomic E-state index is 2.63. The van der Waals surface area contributed by atoms with Gasteiger partial charge in [0.05, 0.1) is 0 Å². The SMILES string of the molecule is C[Se]1(C)(C)(C)C2=C1C(=C1C3=C([Se]3)C3=C1[Se]3)C1=C2[Se]1. The molecule has 0 bridgehead atoms. The zero-order chi connectivity index (χ0) is 12.3. The number of hydrogen-bond acceptors (Lipinski definition) is 0. The van der Waals surface area contributed by atoms with E-state index in [9.17, 15) is 0 Å². The van der Waals surface area contributed by atoms with E-state index >= 15 is 0 Å². The van der Waals surface area contributed by atoms with E-state index in [1.807, 2.05) is 46.9 Å². The molecule has 0 atom stereocenters. The molecule has 0 fully saturated rings. The predicted molar refractivity (Wildman–Crippen MR) is 81.6 cm³/mol. The quantitative estimate of drug-likeness (QED) is 0.453. The van der Waals surface area contributed by atoms with E-state index in [0.717, 1.165) is 44.9 Å². The van der Waals surface area contributed by atoms with Gasteiger partial charge in [-0.25, -0.2) is 0 Å². The van der Waals surface area contributed by atoms with E-state index in [4.69, 9.17) is 0 Å². The second-order valence-corrected chi connectivity index (χ2v) is 33.6. The van der Waals surface area contributed by atoms with Crippen LogP contribution < -0.4 is 0 Å². The molecule has 0 amide bonds. The van der Waals surface area contributed by atoms with E-state index in [2.05, 4.69) is 23.3 Å². The first-order chi connectivity index (χ1) is 8.22. The number of rotatable bonds is 0. The average Bonchev–Trinajstić information content (AvgIpc) is 3.04. The van der Waals surface area contributed by atoms with E-state index in [0.29, 0.717) is 0 Å². The van der Waals surface area contributed by atoms with Gasteiger partial charge < -0.3 is 0 Å². The summed E-state index contributed by atoms with van der Waals surface area (Å²) in [6.45, 7) is 0. The van der Waals surface area contributed by atoms with Crippen LogP contribution >= 0.6 is 0 Å². The van der Waals surface area contributed by atoms with Gasteiger partial charge in [0.2, 0.25) is 0 Å². The van der Waals surface area contributed by atoms with Crippen LogP contribution in [0.25, 0.3) is 0 Å². The molecule has 0 spiro atoms. The Hall–Kier alpha value is 0.778. The van der Waals surface area contributed by atoms with Crippen LogP contribution in [-0.4, -0.2) is 55.6 Å². The second-order valence-electron chi connectivity index (χ2n) is 7.87. The summed E-state index contributed by atoms with van der Waals surface area (Å²) in [6.07, 6.45) is 0. The van der Waals surface area contributed by atoms with Crippen LogP contribution in [-0.2, 0) is 0 Å². The molecule has 6 rings (SSSR count). The van der Waals surface area contributed by atoms with Crippen molar-refractivity contribution in [3.8, 4) is 0 Å². The molecule has 0 unspecified atom stereocenters. The molecule has 0 N–H and O–H groups in total. The number of fused-ring (bicyclic) bond motifs is 2. The van der Waals surface area contributed by atoms with Gasteiger partial charge in [-0.1, -0.05) is 0 Å². The van der Waals surface area contributed by atoms with Crippen molar-refractivity contribution >= 4 is 55.6 Å². The Morgan fingerprint density at radius 3 is 1.61 bits per heavy atom. The summed E-state index contributed by atoms with van der Waals surface area (Å²) in [6, 6.07) is 0. The van der Waals surface area contributed by atoms with Gasteiger partial charge in [0.15, 0.2) is 0 Å². The first-order valence-electron chi connectivity index (χ1n) is 6.02. The van der Waals surface area contributed by atoms with Crippen molar-refractivity contribution in [1.82, 2.24) is 0 Å². The topological polar surface area (TPSA) is 0 Å². The summed E-state index contributed by atoms with van der Waals surface area (Å²) in [5, 5.41) is 0. The summed E-state index contributed by atoms with van der Waals surface area (Å²) in [5.74, 6) is 10.5. The van der Waals surface area contributed by atoms with Gasteiger partial charge in [-0.05, 0) is 0 Å². The minimum atomic E-state index is -2.49. The van der Waals surface area contributed by atoms with Gasteiger partial charge in [0.25, 0.3) is 0 Å². The van der Waals surface area contributed by atoms with Crippen molar-refractivity contribution in [1.29, 1.82) is 0 Å². The van der Waals surface area contributed by atoms with Gasteiger partial charge >= 0.3 is 126 Å². The van der Waals surface area contributed by atoms with Crippen LogP contribution in [0.2, 0.25) is 23.3 Å². The molecule has 2 aliphatic carbocycles. The van der Waals surface area contributed by atoms with Crippen LogP contribution in [0.4, 0.5) is 0 Å². The molecule has 0 aromatic carbocycles. The molecule has 0 aromatic rings. The average molecular weight is 496 g/mol. The fraction of sp³-hybridized carbons (Fsp3) is 0.286. The van der Waals surface area contributed by atoms with Crippen LogP contribution in [0, 0.1) is 0 Å². The standard InChI is InChI=1S/C14H12Se4/c1-18(2,3,4)13-6(9-12(17-9)14(13)18)5-7-10(15-7)11-8(5)16-11/h1-4H3. The summed E-state index contributed by atoms with van der Waals surface area (Å²) >= 11 is 2.38. The predicted octanol–water partition coefficient (Wildman–Crippen LogP) is 2.36. The third kappa shape index (κ3) is 0.883.